The van der Waals surface area contributed by atoms with Crippen molar-refractivity contribution >= 4 is 17.6 Å². The normalized spacial score (nSPS) is 12.1. The number of hydrogen-bond acceptors (Lipinski definition) is 3. The Balaban J connectivity index is 3.48. The van der Waals surface area contributed by atoms with Gasteiger partial charge < -0.3 is 15.5 Å². The van der Waals surface area contributed by atoms with Crippen molar-refractivity contribution in [3.05, 3.63) is 23.3 Å². The van der Waals surface area contributed by atoms with Crippen molar-refractivity contribution in [2.45, 2.75) is 52.4 Å². The van der Waals surface area contributed by atoms with Gasteiger partial charge in [0.2, 0.25) is 0 Å². The van der Waals surface area contributed by atoms with Gasteiger partial charge in [0.15, 0.2) is 0 Å². The van der Waals surface area contributed by atoms with E-state index in [4.69, 9.17) is 5.11 Å². The number of anilines is 1. The topological polar surface area (TPSA) is 86.6 Å². The minimum absolute atomic E-state index is 0.184. The van der Waals surface area contributed by atoms with E-state index in [-0.39, 0.29) is 16.6 Å². The standard InChI is InChI=1S/C16H23NO4/c1-15(2,3)10-7-9(17-13(19)14(20)21)8-11(12(10)18)16(4,5)6/h7-8,18H,1-6H3,(H,17,19)(H,20,21). The highest BCUT2D eigenvalue weighted by molar-refractivity contribution is 6.36. The van der Waals surface area contributed by atoms with Crippen LogP contribution in [-0.4, -0.2) is 22.1 Å². The van der Waals surface area contributed by atoms with E-state index in [0.717, 1.165) is 0 Å². The molecule has 5 heteroatoms. The van der Waals surface area contributed by atoms with Gasteiger partial charge in [-0.1, -0.05) is 41.5 Å². The zero-order chi connectivity index (χ0) is 16.6. The molecule has 0 saturated heterocycles. The summed E-state index contributed by atoms with van der Waals surface area (Å²) >= 11 is 0. The van der Waals surface area contributed by atoms with Crippen molar-refractivity contribution in [1.29, 1.82) is 0 Å². The molecule has 0 radical (unpaired) electrons. The van der Waals surface area contributed by atoms with E-state index in [1.54, 1.807) is 12.1 Å². The van der Waals surface area contributed by atoms with Crippen LogP contribution in [0, 0.1) is 0 Å². The molecular formula is C16H23NO4. The second-order valence-electron chi connectivity index (χ2n) is 7.18. The molecule has 0 aliphatic carbocycles. The number of nitrogens with one attached hydrogen (secondary N) is 1. The van der Waals surface area contributed by atoms with Gasteiger partial charge in [0, 0.05) is 16.8 Å². The number of carboxylic acids is 1. The van der Waals surface area contributed by atoms with Crippen molar-refractivity contribution < 1.29 is 19.8 Å². The van der Waals surface area contributed by atoms with Crippen LogP contribution < -0.4 is 5.32 Å². The Morgan fingerprint density at radius 3 is 1.62 bits per heavy atom. The van der Waals surface area contributed by atoms with E-state index in [2.05, 4.69) is 5.32 Å². The molecule has 1 rings (SSSR count). The largest absolute Gasteiger partial charge is 0.507 e. The molecule has 0 spiro atoms. The SMILES string of the molecule is CC(C)(C)c1cc(NC(=O)C(=O)O)cc(C(C)(C)C)c1O. The van der Waals surface area contributed by atoms with Crippen molar-refractivity contribution in [2.24, 2.45) is 0 Å². The molecule has 0 aliphatic heterocycles. The molecule has 1 aromatic carbocycles. The van der Waals surface area contributed by atoms with Gasteiger partial charge in [0.25, 0.3) is 0 Å². The van der Waals surface area contributed by atoms with Crippen molar-refractivity contribution in [3.63, 3.8) is 0 Å². The number of phenolic OH excluding ortho intramolecular Hbond substituents is 1. The maximum atomic E-state index is 11.3. The Kier molecular flexibility index (Phi) is 4.37. The molecule has 116 valence electrons. The van der Waals surface area contributed by atoms with Gasteiger partial charge in [-0.2, -0.15) is 0 Å². The lowest BCUT2D eigenvalue weighted by Crippen LogP contribution is -2.23. The summed E-state index contributed by atoms with van der Waals surface area (Å²) in [5.41, 5.74) is 1.02. The minimum atomic E-state index is -1.54. The predicted octanol–water partition coefficient (Wildman–Crippen LogP) is 3.01. The van der Waals surface area contributed by atoms with Crippen LogP contribution in [0.2, 0.25) is 0 Å². The Morgan fingerprint density at radius 2 is 1.33 bits per heavy atom. The molecule has 0 aromatic heterocycles. The van der Waals surface area contributed by atoms with Gasteiger partial charge in [-0.15, -0.1) is 0 Å². The van der Waals surface area contributed by atoms with E-state index in [1.807, 2.05) is 41.5 Å². The van der Waals surface area contributed by atoms with Crippen LogP contribution in [0.3, 0.4) is 0 Å². The Labute approximate surface area is 125 Å². The predicted molar refractivity (Wildman–Crippen MR) is 81.8 cm³/mol. The molecule has 0 fully saturated rings. The first-order chi connectivity index (χ1) is 9.34. The number of carbonyl (C=O) groups is 2. The Bertz CT molecular complexity index is 542. The summed E-state index contributed by atoms with van der Waals surface area (Å²) in [7, 11) is 0. The van der Waals surface area contributed by atoms with E-state index in [9.17, 15) is 14.7 Å². The van der Waals surface area contributed by atoms with Crippen LogP contribution in [0.5, 0.6) is 5.75 Å². The fourth-order valence-corrected chi connectivity index (χ4v) is 2.03. The van der Waals surface area contributed by atoms with Crippen LogP contribution in [-0.2, 0) is 20.4 Å². The van der Waals surface area contributed by atoms with Crippen LogP contribution in [0.1, 0.15) is 52.7 Å². The number of carbonyl (C=O) groups excluding carboxylic acids is 1. The minimum Gasteiger partial charge on any atom is -0.507 e. The molecule has 3 N–H and O–H groups in total. The highest BCUT2D eigenvalue weighted by atomic mass is 16.4. The van der Waals surface area contributed by atoms with E-state index < -0.39 is 11.9 Å². The van der Waals surface area contributed by atoms with Gasteiger partial charge in [-0.05, 0) is 23.0 Å². The molecule has 0 bridgehead atoms. The third-order valence-electron chi connectivity index (χ3n) is 3.18. The third-order valence-corrected chi connectivity index (χ3v) is 3.18. The summed E-state index contributed by atoms with van der Waals surface area (Å²) in [5, 5.41) is 21.5. The second-order valence-corrected chi connectivity index (χ2v) is 7.18. The van der Waals surface area contributed by atoms with Crippen LogP contribution in [0.25, 0.3) is 0 Å². The average Bonchev–Trinajstić information content (AvgIpc) is 2.27. The molecule has 21 heavy (non-hydrogen) atoms. The third kappa shape index (κ3) is 3.97. The summed E-state index contributed by atoms with van der Waals surface area (Å²) in [6.07, 6.45) is 0. The monoisotopic (exact) mass is 293 g/mol. The molecular weight excluding hydrogens is 270 g/mol. The quantitative estimate of drug-likeness (QED) is 0.548. The number of hydrogen-bond donors (Lipinski definition) is 3. The summed E-state index contributed by atoms with van der Waals surface area (Å²) in [5.74, 6) is -2.46. The molecule has 5 nitrogen and oxygen atoms in total. The van der Waals surface area contributed by atoms with Crippen LogP contribution in [0.15, 0.2) is 12.1 Å². The lowest BCUT2D eigenvalue weighted by Gasteiger charge is -2.28. The number of benzene rings is 1. The fraction of sp³-hybridized carbons (Fsp3) is 0.500. The van der Waals surface area contributed by atoms with E-state index in [0.29, 0.717) is 16.8 Å². The summed E-state index contributed by atoms with van der Waals surface area (Å²) in [6, 6.07) is 3.23. The summed E-state index contributed by atoms with van der Waals surface area (Å²) in [6.45, 7) is 11.7. The maximum absolute atomic E-state index is 11.3. The summed E-state index contributed by atoms with van der Waals surface area (Å²) in [4.78, 5) is 22.0. The highest BCUT2D eigenvalue weighted by Gasteiger charge is 2.27. The Hall–Kier alpha value is -2.04. The highest BCUT2D eigenvalue weighted by Crippen LogP contribution is 2.40. The Morgan fingerprint density at radius 1 is 0.952 bits per heavy atom. The van der Waals surface area contributed by atoms with E-state index in [1.165, 1.54) is 0 Å². The van der Waals surface area contributed by atoms with Gasteiger partial charge in [0.05, 0.1) is 0 Å². The van der Waals surface area contributed by atoms with Crippen LogP contribution >= 0.6 is 0 Å². The molecule has 0 heterocycles. The van der Waals surface area contributed by atoms with Crippen molar-refractivity contribution in [1.82, 2.24) is 0 Å². The average molecular weight is 293 g/mol. The number of amides is 1. The molecule has 0 unspecified atom stereocenters. The van der Waals surface area contributed by atoms with Gasteiger partial charge >= 0.3 is 11.9 Å². The molecule has 1 amide bonds. The maximum Gasteiger partial charge on any atom is 0.394 e. The lowest BCUT2D eigenvalue weighted by atomic mass is 9.79. The van der Waals surface area contributed by atoms with Crippen LogP contribution in [0.4, 0.5) is 5.69 Å². The first-order valence-corrected chi connectivity index (χ1v) is 6.76. The number of aliphatic carboxylic acids is 1. The first-order valence-electron chi connectivity index (χ1n) is 6.76. The van der Waals surface area contributed by atoms with Crippen molar-refractivity contribution in [2.75, 3.05) is 5.32 Å². The molecule has 0 atom stereocenters. The first kappa shape index (κ1) is 17.0. The van der Waals surface area contributed by atoms with Gasteiger partial charge in [-0.25, -0.2) is 4.79 Å². The number of aromatic hydroxyl groups is 1. The zero-order valence-electron chi connectivity index (χ0n) is 13.4. The number of carboxylic acid groups (broad SMARTS) is 1. The molecule has 0 aliphatic rings. The van der Waals surface area contributed by atoms with Gasteiger partial charge in [0.1, 0.15) is 5.75 Å². The van der Waals surface area contributed by atoms with E-state index >= 15 is 0 Å². The zero-order valence-corrected chi connectivity index (χ0v) is 13.4. The molecule has 1 aromatic rings. The van der Waals surface area contributed by atoms with Gasteiger partial charge in [-0.3, -0.25) is 4.79 Å². The second kappa shape index (κ2) is 5.39. The number of rotatable bonds is 1. The molecule has 0 saturated carbocycles. The fourth-order valence-electron chi connectivity index (χ4n) is 2.03. The summed E-state index contributed by atoms with van der Waals surface area (Å²) < 4.78 is 0. The smallest absolute Gasteiger partial charge is 0.394 e. The lowest BCUT2D eigenvalue weighted by molar-refractivity contribution is -0.147. The van der Waals surface area contributed by atoms with Crippen molar-refractivity contribution in [3.8, 4) is 5.75 Å². The number of phenols is 1.